The second-order valence-corrected chi connectivity index (χ2v) is 5.60. The molecule has 0 saturated heterocycles. The summed E-state index contributed by atoms with van der Waals surface area (Å²) < 4.78 is 0. The minimum atomic E-state index is -0.411. The Morgan fingerprint density at radius 3 is 2.74 bits per heavy atom. The Morgan fingerprint density at radius 1 is 1.21 bits per heavy atom. The van der Waals surface area contributed by atoms with E-state index in [4.69, 9.17) is 0 Å². The molecular weight excluding hydrogens is 238 g/mol. The van der Waals surface area contributed by atoms with E-state index in [9.17, 15) is 9.90 Å². The zero-order chi connectivity index (χ0) is 13.3. The van der Waals surface area contributed by atoms with Crippen molar-refractivity contribution in [3.8, 4) is 0 Å². The molecule has 0 aromatic carbocycles. The molecule has 3 heteroatoms. The molecule has 0 spiro atoms. The smallest absolute Gasteiger partial charge is 0.252 e. The van der Waals surface area contributed by atoms with E-state index in [-0.39, 0.29) is 12.5 Å². The highest BCUT2D eigenvalue weighted by molar-refractivity contribution is 6.01. The normalized spacial score (nSPS) is 23.5. The molecule has 0 radical (unpaired) electrons. The molecule has 0 unspecified atom stereocenters. The van der Waals surface area contributed by atoms with Crippen LogP contribution in [0.3, 0.4) is 0 Å². The van der Waals surface area contributed by atoms with Gasteiger partial charge in [0.05, 0.1) is 12.1 Å². The van der Waals surface area contributed by atoms with E-state index >= 15 is 0 Å². The third-order valence-corrected chi connectivity index (χ3v) is 4.31. The summed E-state index contributed by atoms with van der Waals surface area (Å²) in [5.41, 5.74) is 2.41. The SMILES string of the molecule is O=C(NC1(CO)CCCCC1)C1=C2C=CC=C2C=C1. The number of rotatable bonds is 3. The number of carbonyl (C=O) groups is 1. The summed E-state index contributed by atoms with van der Waals surface area (Å²) in [5, 5.41) is 12.7. The monoisotopic (exact) mass is 257 g/mol. The van der Waals surface area contributed by atoms with Gasteiger partial charge in [-0.3, -0.25) is 4.79 Å². The fraction of sp³-hybridized carbons (Fsp3) is 0.438. The van der Waals surface area contributed by atoms with E-state index in [1.165, 1.54) is 6.42 Å². The number of fused-ring (bicyclic) bond motifs is 1. The maximum atomic E-state index is 12.4. The molecular formula is C16H19NO2. The van der Waals surface area contributed by atoms with Crippen molar-refractivity contribution in [2.24, 2.45) is 0 Å². The van der Waals surface area contributed by atoms with E-state index in [0.717, 1.165) is 42.4 Å². The van der Waals surface area contributed by atoms with E-state index in [2.05, 4.69) is 5.32 Å². The molecule has 0 atom stereocenters. The number of carbonyl (C=O) groups excluding carboxylic acids is 1. The molecule has 100 valence electrons. The zero-order valence-electron chi connectivity index (χ0n) is 11.0. The molecule has 0 aromatic heterocycles. The van der Waals surface area contributed by atoms with Gasteiger partial charge in [0, 0.05) is 5.57 Å². The third-order valence-electron chi connectivity index (χ3n) is 4.31. The van der Waals surface area contributed by atoms with Crippen LogP contribution in [-0.2, 0) is 4.79 Å². The van der Waals surface area contributed by atoms with Crippen molar-refractivity contribution in [1.82, 2.24) is 5.32 Å². The average molecular weight is 257 g/mol. The van der Waals surface area contributed by atoms with Gasteiger partial charge in [0.2, 0.25) is 0 Å². The Labute approximate surface area is 113 Å². The first kappa shape index (κ1) is 12.4. The van der Waals surface area contributed by atoms with Gasteiger partial charge in [-0.05, 0) is 30.1 Å². The number of nitrogens with one attached hydrogen (secondary N) is 1. The zero-order valence-corrected chi connectivity index (χ0v) is 11.0. The largest absolute Gasteiger partial charge is 0.394 e. The molecule has 19 heavy (non-hydrogen) atoms. The Balaban J connectivity index is 1.78. The number of aliphatic hydroxyl groups excluding tert-OH is 1. The molecule has 3 aliphatic rings. The number of aliphatic hydroxyl groups is 1. The van der Waals surface area contributed by atoms with Gasteiger partial charge < -0.3 is 10.4 Å². The minimum Gasteiger partial charge on any atom is -0.394 e. The summed E-state index contributed by atoms with van der Waals surface area (Å²) in [7, 11) is 0. The summed E-state index contributed by atoms with van der Waals surface area (Å²) in [6.07, 6.45) is 14.9. The summed E-state index contributed by atoms with van der Waals surface area (Å²) in [6, 6.07) is 0. The molecule has 1 saturated carbocycles. The molecule has 0 aromatic rings. The van der Waals surface area contributed by atoms with Crippen molar-refractivity contribution in [3.05, 3.63) is 47.1 Å². The fourth-order valence-corrected chi connectivity index (χ4v) is 3.14. The lowest BCUT2D eigenvalue weighted by Gasteiger charge is -2.36. The summed E-state index contributed by atoms with van der Waals surface area (Å²) in [6.45, 7) is 0.0314. The number of hydrogen-bond donors (Lipinski definition) is 2. The highest BCUT2D eigenvalue weighted by atomic mass is 16.3. The lowest BCUT2D eigenvalue weighted by molar-refractivity contribution is -0.120. The maximum absolute atomic E-state index is 12.4. The van der Waals surface area contributed by atoms with Crippen LogP contribution in [0.15, 0.2) is 47.1 Å². The van der Waals surface area contributed by atoms with Gasteiger partial charge >= 0.3 is 0 Å². The topological polar surface area (TPSA) is 49.3 Å². The second-order valence-electron chi connectivity index (χ2n) is 5.60. The van der Waals surface area contributed by atoms with Crippen LogP contribution in [0.25, 0.3) is 0 Å². The quantitative estimate of drug-likeness (QED) is 0.814. The first-order chi connectivity index (χ1) is 9.24. The van der Waals surface area contributed by atoms with Crippen molar-refractivity contribution in [2.75, 3.05) is 6.61 Å². The van der Waals surface area contributed by atoms with Crippen molar-refractivity contribution in [3.63, 3.8) is 0 Å². The van der Waals surface area contributed by atoms with E-state index in [0.29, 0.717) is 0 Å². The van der Waals surface area contributed by atoms with Crippen LogP contribution in [0, 0.1) is 0 Å². The van der Waals surface area contributed by atoms with Crippen molar-refractivity contribution >= 4 is 5.91 Å². The highest BCUT2D eigenvalue weighted by Crippen LogP contribution is 2.32. The predicted molar refractivity (Wildman–Crippen MR) is 74.4 cm³/mol. The van der Waals surface area contributed by atoms with Crippen molar-refractivity contribution < 1.29 is 9.90 Å². The van der Waals surface area contributed by atoms with Crippen LogP contribution in [0.5, 0.6) is 0 Å². The number of amides is 1. The molecule has 3 rings (SSSR count). The average Bonchev–Trinajstić information content (AvgIpc) is 3.02. The Bertz CT molecular complexity index is 517. The molecule has 0 heterocycles. The van der Waals surface area contributed by atoms with Crippen molar-refractivity contribution in [2.45, 2.75) is 37.6 Å². The highest BCUT2D eigenvalue weighted by Gasteiger charge is 2.34. The van der Waals surface area contributed by atoms with Crippen LogP contribution >= 0.6 is 0 Å². The Morgan fingerprint density at radius 2 is 2.00 bits per heavy atom. The molecule has 0 bridgehead atoms. The van der Waals surface area contributed by atoms with Crippen LogP contribution in [0.4, 0.5) is 0 Å². The van der Waals surface area contributed by atoms with Gasteiger partial charge in [0.25, 0.3) is 5.91 Å². The maximum Gasteiger partial charge on any atom is 0.252 e. The molecule has 2 N–H and O–H groups in total. The van der Waals surface area contributed by atoms with Crippen LogP contribution < -0.4 is 5.32 Å². The van der Waals surface area contributed by atoms with Gasteiger partial charge in [-0.25, -0.2) is 0 Å². The third kappa shape index (κ3) is 2.19. The molecule has 0 aliphatic heterocycles. The molecule has 1 fully saturated rings. The van der Waals surface area contributed by atoms with E-state index < -0.39 is 5.54 Å². The first-order valence-electron chi connectivity index (χ1n) is 6.99. The van der Waals surface area contributed by atoms with Gasteiger partial charge in [0.15, 0.2) is 0 Å². The van der Waals surface area contributed by atoms with Gasteiger partial charge in [-0.2, -0.15) is 0 Å². The van der Waals surface area contributed by atoms with Crippen LogP contribution in [0.2, 0.25) is 0 Å². The van der Waals surface area contributed by atoms with E-state index in [1.54, 1.807) is 0 Å². The summed E-state index contributed by atoms with van der Waals surface area (Å²) in [4.78, 5) is 12.4. The van der Waals surface area contributed by atoms with E-state index in [1.807, 2.05) is 30.4 Å². The lowest BCUT2D eigenvalue weighted by Crippen LogP contribution is -2.52. The van der Waals surface area contributed by atoms with Crippen LogP contribution in [0.1, 0.15) is 32.1 Å². The van der Waals surface area contributed by atoms with Gasteiger partial charge in [-0.1, -0.05) is 43.6 Å². The van der Waals surface area contributed by atoms with Gasteiger partial charge in [0.1, 0.15) is 0 Å². The summed E-state index contributed by atoms with van der Waals surface area (Å²) >= 11 is 0. The molecule has 1 amide bonds. The molecule has 3 aliphatic carbocycles. The summed E-state index contributed by atoms with van der Waals surface area (Å²) in [5.74, 6) is -0.0582. The lowest BCUT2D eigenvalue weighted by atomic mass is 9.82. The number of allylic oxidation sites excluding steroid dienone is 6. The predicted octanol–water partition coefficient (Wildman–Crippen LogP) is 2.16. The second kappa shape index (κ2) is 4.82. The van der Waals surface area contributed by atoms with Gasteiger partial charge in [-0.15, -0.1) is 0 Å². The standard InChI is InChI=1S/C16H19NO2/c18-11-16(9-2-1-3-10-16)17-15(19)14-8-7-12-5-4-6-13(12)14/h4-8,18H,1-3,9-11H2,(H,17,19). The molecule has 3 nitrogen and oxygen atoms in total. The Kier molecular flexibility index (Phi) is 3.15. The minimum absolute atomic E-state index is 0.0314. The van der Waals surface area contributed by atoms with Crippen molar-refractivity contribution in [1.29, 1.82) is 0 Å². The first-order valence-corrected chi connectivity index (χ1v) is 6.99. The number of hydrogen-bond acceptors (Lipinski definition) is 2. The fourth-order valence-electron chi connectivity index (χ4n) is 3.14. The van der Waals surface area contributed by atoms with Crippen LogP contribution in [-0.4, -0.2) is 23.2 Å². The Hall–Kier alpha value is -1.61.